The summed E-state index contributed by atoms with van der Waals surface area (Å²) in [5.74, 6) is 0.608. The molecule has 0 saturated carbocycles. The Bertz CT molecular complexity index is 566. The van der Waals surface area contributed by atoms with Gasteiger partial charge in [-0.05, 0) is 47.1 Å². The second-order valence-corrected chi connectivity index (χ2v) is 7.86. The summed E-state index contributed by atoms with van der Waals surface area (Å²) in [5, 5.41) is 12.4. The molecule has 2 aliphatic rings. The maximum atomic E-state index is 9.13. The number of β-amino-alcohol motifs (C(OH)–C–C–N with tert-alkyl or cyclic N) is 1. The molecule has 138 valence electrons. The normalized spacial score (nSPS) is 25.5. The van der Waals surface area contributed by atoms with Crippen molar-refractivity contribution in [3.05, 3.63) is 12.4 Å². The molecule has 1 atom stereocenters. The van der Waals surface area contributed by atoms with Crippen LogP contribution in [0, 0.1) is 0 Å². The third kappa shape index (κ3) is 3.97. The first-order valence-electron chi connectivity index (χ1n) is 9.09. The Morgan fingerprint density at radius 3 is 2.48 bits per heavy atom. The Morgan fingerprint density at radius 2 is 1.88 bits per heavy atom. The molecule has 2 aliphatic heterocycles. The van der Waals surface area contributed by atoms with Crippen molar-refractivity contribution in [2.45, 2.75) is 57.8 Å². The quantitative estimate of drug-likeness (QED) is 0.731. The minimum atomic E-state index is -0.436. The van der Waals surface area contributed by atoms with Gasteiger partial charge in [0.1, 0.15) is 0 Å². The largest absolute Gasteiger partial charge is 0.498 e. The minimum absolute atomic E-state index is 0.204. The van der Waals surface area contributed by atoms with Crippen molar-refractivity contribution in [1.29, 1.82) is 0 Å². The lowest BCUT2D eigenvalue weighted by Crippen LogP contribution is -2.41. The molecule has 2 saturated heterocycles. The molecule has 0 radical (unpaired) electrons. The van der Waals surface area contributed by atoms with Gasteiger partial charge < -0.3 is 19.7 Å². The van der Waals surface area contributed by atoms with Crippen LogP contribution in [0.3, 0.4) is 0 Å². The molecule has 0 amide bonds. The fourth-order valence-electron chi connectivity index (χ4n) is 3.29. The predicted octanol–water partition coefficient (Wildman–Crippen LogP) is 0.644. The molecule has 1 aromatic heterocycles. The van der Waals surface area contributed by atoms with Crippen molar-refractivity contribution in [1.82, 2.24) is 14.9 Å². The van der Waals surface area contributed by atoms with Crippen LogP contribution in [0.1, 0.15) is 40.5 Å². The van der Waals surface area contributed by atoms with Crippen molar-refractivity contribution in [3.63, 3.8) is 0 Å². The van der Waals surface area contributed by atoms with Crippen molar-refractivity contribution in [2.24, 2.45) is 0 Å². The average molecular weight is 348 g/mol. The topological polar surface area (TPSA) is 79.7 Å². The standard InChI is InChI=1S/C17H29BN4O3/c1-16(2)17(3,4)25-18(24-16)13-10-19-15(20-11-13)21-12-14-6-5-7-22(14)8-9-23/h10-11,14,23H,5-9,12H2,1-4H3,(H,19,20,21)/t14-/m0/s1. The van der Waals surface area contributed by atoms with Crippen LogP contribution in [-0.2, 0) is 9.31 Å². The number of nitrogens with one attached hydrogen (secondary N) is 1. The van der Waals surface area contributed by atoms with Crippen LogP contribution in [0.5, 0.6) is 0 Å². The summed E-state index contributed by atoms with van der Waals surface area (Å²) < 4.78 is 12.0. The van der Waals surface area contributed by atoms with Crippen molar-refractivity contribution in [3.8, 4) is 0 Å². The van der Waals surface area contributed by atoms with Crippen LogP contribution in [0.2, 0.25) is 0 Å². The van der Waals surface area contributed by atoms with Gasteiger partial charge in [-0.1, -0.05) is 0 Å². The van der Waals surface area contributed by atoms with E-state index in [-0.39, 0.29) is 17.8 Å². The zero-order valence-corrected chi connectivity index (χ0v) is 15.7. The molecule has 0 bridgehead atoms. The summed E-state index contributed by atoms with van der Waals surface area (Å²) in [6.07, 6.45) is 5.84. The van der Waals surface area contributed by atoms with E-state index in [4.69, 9.17) is 14.4 Å². The molecule has 25 heavy (non-hydrogen) atoms. The number of aliphatic hydroxyl groups excluding tert-OH is 1. The lowest BCUT2D eigenvalue weighted by molar-refractivity contribution is 0.00578. The van der Waals surface area contributed by atoms with Crippen LogP contribution >= 0.6 is 0 Å². The monoisotopic (exact) mass is 348 g/mol. The van der Waals surface area contributed by atoms with Gasteiger partial charge in [-0.25, -0.2) is 9.97 Å². The van der Waals surface area contributed by atoms with Crippen LogP contribution < -0.4 is 10.8 Å². The number of aliphatic hydroxyl groups is 1. The summed E-state index contributed by atoms with van der Waals surface area (Å²) in [4.78, 5) is 11.1. The van der Waals surface area contributed by atoms with Gasteiger partial charge in [0.2, 0.25) is 5.95 Å². The summed E-state index contributed by atoms with van der Waals surface area (Å²) in [5.41, 5.74) is 0.0902. The second-order valence-electron chi connectivity index (χ2n) is 7.86. The van der Waals surface area contributed by atoms with Crippen LogP contribution in [-0.4, -0.2) is 70.6 Å². The molecule has 0 unspecified atom stereocenters. The predicted molar refractivity (Wildman–Crippen MR) is 97.9 cm³/mol. The maximum Gasteiger partial charge on any atom is 0.498 e. The molecule has 0 aliphatic carbocycles. The van der Waals surface area contributed by atoms with Crippen molar-refractivity contribution < 1.29 is 14.4 Å². The molecule has 3 heterocycles. The van der Waals surface area contributed by atoms with Gasteiger partial charge in [-0.15, -0.1) is 0 Å². The van der Waals surface area contributed by atoms with E-state index in [1.54, 1.807) is 12.4 Å². The fraction of sp³-hybridized carbons (Fsp3) is 0.765. The Hall–Kier alpha value is -1.22. The SMILES string of the molecule is CC1(C)OB(c2cnc(NC[C@@H]3CCCN3CCO)nc2)OC1(C)C. The van der Waals surface area contributed by atoms with E-state index < -0.39 is 7.12 Å². The number of anilines is 1. The number of nitrogens with zero attached hydrogens (tertiary/aromatic N) is 3. The van der Waals surface area contributed by atoms with E-state index in [1.807, 2.05) is 27.7 Å². The average Bonchev–Trinajstić information content (AvgIpc) is 3.08. The number of hydrogen-bond acceptors (Lipinski definition) is 7. The van der Waals surface area contributed by atoms with Crippen molar-refractivity contribution in [2.75, 3.05) is 31.6 Å². The molecule has 1 aromatic rings. The summed E-state index contributed by atoms with van der Waals surface area (Å²) >= 11 is 0. The molecule has 2 N–H and O–H groups in total. The van der Waals surface area contributed by atoms with Gasteiger partial charge in [0.15, 0.2) is 0 Å². The lowest BCUT2D eigenvalue weighted by Gasteiger charge is -2.32. The number of aromatic nitrogens is 2. The fourth-order valence-corrected chi connectivity index (χ4v) is 3.29. The molecular formula is C17H29BN4O3. The van der Waals surface area contributed by atoms with E-state index in [0.29, 0.717) is 12.0 Å². The van der Waals surface area contributed by atoms with E-state index in [2.05, 4.69) is 20.2 Å². The Kier molecular flexibility index (Phi) is 5.34. The van der Waals surface area contributed by atoms with E-state index >= 15 is 0 Å². The number of hydrogen-bond donors (Lipinski definition) is 2. The summed E-state index contributed by atoms with van der Waals surface area (Å²) in [6, 6.07) is 0.429. The first-order valence-corrected chi connectivity index (χ1v) is 9.09. The molecule has 8 heteroatoms. The highest BCUT2D eigenvalue weighted by molar-refractivity contribution is 6.61. The second kappa shape index (κ2) is 7.19. The minimum Gasteiger partial charge on any atom is -0.399 e. The molecule has 7 nitrogen and oxygen atoms in total. The van der Waals surface area contributed by atoms with Gasteiger partial charge in [-0.3, -0.25) is 4.90 Å². The summed E-state index contributed by atoms with van der Waals surface area (Å²) in [7, 11) is -0.436. The third-order valence-electron chi connectivity index (χ3n) is 5.58. The van der Waals surface area contributed by atoms with Crippen LogP contribution in [0.4, 0.5) is 5.95 Å². The lowest BCUT2D eigenvalue weighted by atomic mass is 9.81. The highest BCUT2D eigenvalue weighted by Gasteiger charge is 2.51. The smallest absolute Gasteiger partial charge is 0.399 e. The maximum absolute atomic E-state index is 9.13. The Morgan fingerprint density at radius 1 is 1.24 bits per heavy atom. The van der Waals surface area contributed by atoms with Gasteiger partial charge in [0.05, 0.1) is 17.8 Å². The van der Waals surface area contributed by atoms with Crippen LogP contribution in [0.25, 0.3) is 0 Å². The van der Waals surface area contributed by atoms with Crippen molar-refractivity contribution >= 4 is 18.5 Å². The van der Waals surface area contributed by atoms with Gasteiger partial charge in [0.25, 0.3) is 0 Å². The molecule has 2 fully saturated rings. The van der Waals surface area contributed by atoms with E-state index in [0.717, 1.165) is 31.5 Å². The highest BCUT2D eigenvalue weighted by atomic mass is 16.7. The molecule has 3 rings (SSSR count). The third-order valence-corrected chi connectivity index (χ3v) is 5.58. The van der Waals surface area contributed by atoms with Crippen LogP contribution in [0.15, 0.2) is 12.4 Å². The molecule has 0 aromatic carbocycles. The van der Waals surface area contributed by atoms with Gasteiger partial charge in [0, 0.05) is 37.0 Å². The van der Waals surface area contributed by atoms with E-state index in [9.17, 15) is 0 Å². The molecule has 0 spiro atoms. The number of rotatable bonds is 6. The molecular weight excluding hydrogens is 319 g/mol. The van der Waals surface area contributed by atoms with E-state index in [1.165, 1.54) is 6.42 Å². The summed E-state index contributed by atoms with van der Waals surface area (Å²) in [6.45, 7) is 10.9. The zero-order chi connectivity index (χ0) is 18.1. The Labute approximate surface area is 150 Å². The Balaban J connectivity index is 1.56. The first-order chi connectivity index (χ1) is 11.8. The highest BCUT2D eigenvalue weighted by Crippen LogP contribution is 2.36. The zero-order valence-electron chi connectivity index (χ0n) is 15.7. The number of likely N-dealkylation sites (tertiary alicyclic amines) is 1. The first kappa shape index (κ1) is 18.6. The van der Waals surface area contributed by atoms with Gasteiger partial charge >= 0.3 is 7.12 Å². The van der Waals surface area contributed by atoms with Gasteiger partial charge in [-0.2, -0.15) is 0 Å².